The monoisotopic (exact) mass is 351 g/mol. The second-order valence-corrected chi connectivity index (χ2v) is 6.22. The fourth-order valence-corrected chi connectivity index (χ4v) is 3.61. The van der Waals surface area contributed by atoms with Crippen LogP contribution in [0.5, 0.6) is 0 Å². The third kappa shape index (κ3) is 2.88. The van der Waals surface area contributed by atoms with E-state index in [0.717, 1.165) is 24.0 Å². The van der Waals surface area contributed by atoms with Crippen LogP contribution in [0.25, 0.3) is 5.82 Å². The first kappa shape index (κ1) is 15.4. The smallest absolute Gasteiger partial charge is 0.231 e. The normalized spacial score (nSPS) is 15.4. The maximum absolute atomic E-state index is 12.5. The average molecular weight is 351 g/mol. The second-order valence-electron chi connectivity index (χ2n) is 5.39. The molecule has 0 atom stereocenters. The largest absolute Gasteiger partial charge is 0.322 e. The number of nitrogens with zero attached hydrogens (tertiary/aromatic N) is 6. The molecular formula is C16H13N7OS. The minimum absolute atomic E-state index is 0.213. The maximum atomic E-state index is 12.5. The summed E-state index contributed by atoms with van der Waals surface area (Å²) in [5.41, 5.74) is 1.21. The predicted molar refractivity (Wildman–Crippen MR) is 94.0 cm³/mol. The van der Waals surface area contributed by atoms with E-state index >= 15 is 0 Å². The van der Waals surface area contributed by atoms with Crippen LogP contribution in [0, 0.1) is 11.3 Å². The van der Waals surface area contributed by atoms with E-state index in [0.29, 0.717) is 11.6 Å². The zero-order valence-corrected chi connectivity index (χ0v) is 13.9. The molecule has 2 aliphatic rings. The second kappa shape index (κ2) is 6.41. The number of anilines is 1. The van der Waals surface area contributed by atoms with Crippen LogP contribution in [0.1, 0.15) is 12.0 Å². The van der Waals surface area contributed by atoms with E-state index in [1.165, 1.54) is 22.6 Å². The molecule has 1 N–H and O–H groups in total. The number of amidine groups is 1. The summed E-state index contributed by atoms with van der Waals surface area (Å²) in [4.78, 5) is 23.1. The minimum atomic E-state index is -0.214. The molecule has 1 amide bonds. The van der Waals surface area contributed by atoms with Gasteiger partial charge in [0.1, 0.15) is 11.6 Å². The van der Waals surface area contributed by atoms with Crippen LogP contribution in [-0.2, 0) is 4.79 Å². The Kier molecular flexibility index (Phi) is 3.95. The lowest BCUT2D eigenvalue weighted by Crippen LogP contribution is -2.25. The van der Waals surface area contributed by atoms with Crippen molar-refractivity contribution in [3.8, 4) is 11.9 Å². The van der Waals surface area contributed by atoms with Crippen LogP contribution in [0.4, 0.5) is 5.82 Å². The van der Waals surface area contributed by atoms with E-state index in [2.05, 4.69) is 20.4 Å². The van der Waals surface area contributed by atoms with E-state index in [4.69, 9.17) is 0 Å². The number of amides is 1. The number of fused-ring (bicyclic) bond motifs is 1. The molecule has 0 radical (unpaired) electrons. The van der Waals surface area contributed by atoms with Crippen LogP contribution in [0.15, 0.2) is 46.7 Å². The molecule has 0 saturated heterocycles. The Morgan fingerprint density at radius 2 is 2.36 bits per heavy atom. The highest BCUT2D eigenvalue weighted by molar-refractivity contribution is 8.16. The zero-order chi connectivity index (χ0) is 17.2. The quantitative estimate of drug-likeness (QED) is 0.900. The van der Waals surface area contributed by atoms with Gasteiger partial charge in [-0.05, 0) is 17.5 Å². The summed E-state index contributed by atoms with van der Waals surface area (Å²) in [5.74, 6) is 0.644. The Labute approximate surface area is 147 Å². The number of aromatic nitrogens is 3. The Balaban J connectivity index is 1.54. The number of carbonyl (C=O) groups is 1. The van der Waals surface area contributed by atoms with Gasteiger partial charge in [0.2, 0.25) is 5.91 Å². The van der Waals surface area contributed by atoms with Gasteiger partial charge in [-0.3, -0.25) is 9.79 Å². The lowest BCUT2D eigenvalue weighted by Gasteiger charge is -2.16. The van der Waals surface area contributed by atoms with Gasteiger partial charge in [-0.1, -0.05) is 17.8 Å². The Morgan fingerprint density at radius 3 is 3.16 bits per heavy atom. The predicted octanol–water partition coefficient (Wildman–Crippen LogP) is 1.73. The molecule has 2 aliphatic heterocycles. The summed E-state index contributed by atoms with van der Waals surface area (Å²) in [6.07, 6.45) is 3.26. The molecule has 8 nitrogen and oxygen atoms in total. The number of carbonyl (C=O) groups excluding carboxylic acids is 1. The summed E-state index contributed by atoms with van der Waals surface area (Å²) < 4.78 is 1.46. The van der Waals surface area contributed by atoms with Gasteiger partial charge in [0.25, 0.3) is 0 Å². The Hall–Kier alpha value is -3.12. The Bertz CT molecular complexity index is 926. The van der Waals surface area contributed by atoms with Crippen molar-refractivity contribution in [2.24, 2.45) is 4.99 Å². The summed E-state index contributed by atoms with van der Waals surface area (Å²) in [6.45, 7) is 1.56. The fraction of sp³-hybridized carbons (Fsp3) is 0.188. The highest BCUT2D eigenvalue weighted by atomic mass is 32.2. The summed E-state index contributed by atoms with van der Waals surface area (Å²) >= 11 is 1.53. The van der Waals surface area contributed by atoms with Gasteiger partial charge >= 0.3 is 0 Å². The van der Waals surface area contributed by atoms with E-state index in [1.54, 1.807) is 18.3 Å². The van der Waals surface area contributed by atoms with Crippen molar-refractivity contribution in [1.82, 2.24) is 19.7 Å². The van der Waals surface area contributed by atoms with Crippen LogP contribution < -0.4 is 5.32 Å². The van der Waals surface area contributed by atoms with Crippen molar-refractivity contribution in [3.05, 3.63) is 47.3 Å². The maximum Gasteiger partial charge on any atom is 0.231 e. The Morgan fingerprint density at radius 1 is 1.44 bits per heavy atom. The number of nitriles is 1. The van der Waals surface area contributed by atoms with Crippen LogP contribution in [0.2, 0.25) is 0 Å². The molecule has 0 aromatic carbocycles. The molecule has 9 heteroatoms. The lowest BCUT2D eigenvalue weighted by atomic mass is 10.2. The highest BCUT2D eigenvalue weighted by Gasteiger charge is 2.28. The average Bonchev–Trinajstić information content (AvgIpc) is 3.33. The van der Waals surface area contributed by atoms with Crippen LogP contribution in [-0.4, -0.2) is 43.8 Å². The van der Waals surface area contributed by atoms with Crippen molar-refractivity contribution >= 4 is 28.7 Å². The third-order valence-electron chi connectivity index (χ3n) is 3.80. The number of thioether (sulfide) groups is 1. The number of pyridine rings is 1. The number of hydrogen-bond acceptors (Lipinski definition) is 7. The molecule has 25 heavy (non-hydrogen) atoms. The lowest BCUT2D eigenvalue weighted by molar-refractivity contribution is -0.115. The van der Waals surface area contributed by atoms with Crippen molar-refractivity contribution in [2.75, 3.05) is 18.4 Å². The standard InChI is InChI=1S/C16H13N7OS/c17-8-11-9-20-23(13-3-1-2-4-18-13)15(11)21-14(24)7-12-10-25-16-19-5-6-22(12)16/h1-4,9-10H,5-7H2,(H,21,24). The van der Waals surface area contributed by atoms with Gasteiger partial charge in [0.15, 0.2) is 16.8 Å². The third-order valence-corrected chi connectivity index (χ3v) is 4.75. The van der Waals surface area contributed by atoms with E-state index in [9.17, 15) is 10.1 Å². The highest BCUT2D eigenvalue weighted by Crippen LogP contribution is 2.31. The molecule has 0 spiro atoms. The molecule has 0 aliphatic carbocycles. The number of rotatable bonds is 4. The number of aliphatic imine (C=N–C) groups is 1. The molecule has 124 valence electrons. The van der Waals surface area contributed by atoms with Gasteiger partial charge in [-0.25, -0.2) is 4.98 Å². The van der Waals surface area contributed by atoms with Crippen molar-refractivity contribution < 1.29 is 4.79 Å². The van der Waals surface area contributed by atoms with Crippen molar-refractivity contribution in [1.29, 1.82) is 5.26 Å². The van der Waals surface area contributed by atoms with Crippen LogP contribution >= 0.6 is 11.8 Å². The van der Waals surface area contributed by atoms with Gasteiger partial charge in [0.05, 0.1) is 19.2 Å². The van der Waals surface area contributed by atoms with Gasteiger partial charge < -0.3 is 10.2 Å². The van der Waals surface area contributed by atoms with Crippen LogP contribution in [0.3, 0.4) is 0 Å². The molecule has 2 aromatic heterocycles. The number of hydrogen-bond donors (Lipinski definition) is 1. The van der Waals surface area contributed by atoms with Gasteiger partial charge in [-0.2, -0.15) is 15.0 Å². The molecule has 0 unspecified atom stereocenters. The van der Waals surface area contributed by atoms with E-state index < -0.39 is 0 Å². The minimum Gasteiger partial charge on any atom is -0.322 e. The summed E-state index contributed by atoms with van der Waals surface area (Å²) in [6, 6.07) is 7.41. The van der Waals surface area contributed by atoms with Crippen molar-refractivity contribution in [2.45, 2.75) is 6.42 Å². The summed E-state index contributed by atoms with van der Waals surface area (Å²) in [5, 5.41) is 19.1. The SMILES string of the molecule is N#Cc1cnn(-c2ccccn2)c1NC(=O)CC1=CSC2=NCCN12. The first-order valence-corrected chi connectivity index (χ1v) is 8.51. The molecule has 4 heterocycles. The molecule has 0 saturated carbocycles. The first-order chi connectivity index (χ1) is 12.3. The van der Waals surface area contributed by atoms with E-state index in [-0.39, 0.29) is 17.9 Å². The fourth-order valence-electron chi connectivity index (χ4n) is 2.66. The molecule has 0 fully saturated rings. The molecule has 2 aromatic rings. The first-order valence-electron chi connectivity index (χ1n) is 7.63. The molecule has 0 bridgehead atoms. The van der Waals surface area contributed by atoms with Gasteiger partial charge in [-0.15, -0.1) is 0 Å². The molecule has 4 rings (SSSR count). The number of nitrogens with one attached hydrogen (secondary N) is 1. The van der Waals surface area contributed by atoms with Crippen molar-refractivity contribution in [3.63, 3.8) is 0 Å². The van der Waals surface area contributed by atoms with E-state index in [1.807, 2.05) is 22.4 Å². The summed E-state index contributed by atoms with van der Waals surface area (Å²) in [7, 11) is 0. The molecular weight excluding hydrogens is 338 g/mol. The topological polar surface area (TPSA) is 99.2 Å². The zero-order valence-electron chi connectivity index (χ0n) is 13.1. The van der Waals surface area contributed by atoms with Gasteiger partial charge in [0, 0.05) is 18.4 Å².